The molecule has 0 radical (unpaired) electrons. The highest BCUT2D eigenvalue weighted by Crippen LogP contribution is 2.76. The van der Waals surface area contributed by atoms with Crippen LogP contribution in [0.2, 0.25) is 0 Å². The minimum absolute atomic E-state index is 0.0296. The van der Waals surface area contributed by atoms with E-state index in [-0.39, 0.29) is 53.8 Å². The molecule has 1 aliphatic heterocycles. The van der Waals surface area contributed by atoms with Crippen LogP contribution < -0.4 is 5.32 Å². The Morgan fingerprint density at radius 2 is 1.61 bits per heavy atom. The number of benzene rings is 1. The number of ether oxygens (including phenoxy) is 3. The van der Waals surface area contributed by atoms with Crippen LogP contribution in [0.3, 0.4) is 0 Å². The molecule has 5 aliphatic carbocycles. The van der Waals surface area contributed by atoms with Crippen LogP contribution in [0.1, 0.15) is 104 Å². The molecule has 5 fully saturated rings. The first-order valence-corrected chi connectivity index (χ1v) is 21.4. The second-order valence-electron chi connectivity index (χ2n) is 20.3. The highest BCUT2D eigenvalue weighted by Gasteiger charge is 2.72. The largest absolute Gasteiger partial charge is 0.481 e. The van der Waals surface area contributed by atoms with Crippen molar-refractivity contribution in [1.29, 1.82) is 0 Å². The lowest BCUT2D eigenvalue weighted by atomic mass is 9.33. The second-order valence-corrected chi connectivity index (χ2v) is 20.3. The topological polar surface area (TPSA) is 198 Å². The summed E-state index contributed by atoms with van der Waals surface area (Å²) < 4.78 is 19.4. The Labute approximate surface area is 338 Å². The quantitative estimate of drug-likeness (QED) is 0.119. The predicted octanol–water partition coefficient (Wildman–Crippen LogP) is 3.92. The van der Waals surface area contributed by atoms with E-state index in [0.717, 1.165) is 36.9 Å². The van der Waals surface area contributed by atoms with Crippen LogP contribution in [0.5, 0.6) is 0 Å². The minimum Gasteiger partial charge on any atom is -0.481 e. The first-order valence-electron chi connectivity index (χ1n) is 21.4. The fraction of sp³-hybridized carbons (Fsp3) is 0.800. The van der Waals surface area contributed by atoms with E-state index >= 15 is 0 Å². The Kier molecular flexibility index (Phi) is 11.7. The summed E-state index contributed by atoms with van der Waals surface area (Å²) in [5.74, 6) is -0.954. The molecular weight excluding hydrogens is 730 g/mol. The first kappa shape index (κ1) is 43.1. The van der Waals surface area contributed by atoms with Gasteiger partial charge in [0.1, 0.15) is 18.3 Å². The first-order chi connectivity index (χ1) is 26.9. The third-order valence-corrected chi connectivity index (χ3v) is 17.4. The van der Waals surface area contributed by atoms with Gasteiger partial charge in [0, 0.05) is 18.6 Å². The van der Waals surface area contributed by atoms with Gasteiger partial charge in [0.25, 0.3) is 0 Å². The van der Waals surface area contributed by atoms with E-state index < -0.39 is 71.7 Å². The van der Waals surface area contributed by atoms with Crippen LogP contribution in [-0.2, 0) is 32.2 Å². The summed E-state index contributed by atoms with van der Waals surface area (Å²) in [4.78, 5) is 13.2. The zero-order chi connectivity index (χ0) is 41.3. The van der Waals surface area contributed by atoms with Gasteiger partial charge in [-0.2, -0.15) is 0 Å². The Hall–Kier alpha value is -1.97. The molecule has 8 N–H and O–H groups in total. The standard InChI is InChI=1S/C45H69NO11/c1-40(25-48)15-17-45(39(53)54)18-16-42(3)28(29(45)19-40)11-12-32-41(2)20-31(55-23-27-9-7-26(8-10-27)21-46-6)37(57-38-36(52)35(51)30(49)24-56-38)44(5,34(50)22-47)33(41)13-14-43(32,42)4/h7-11,29-38,46-52H,12-25H2,1-6H3,(H,53,54)/t29-,30+,31+,32+,33-,34+,35-,36+,37+,38-,40-,41+,42+,43+,44+,45-/m0/s1. The number of rotatable bonds is 11. The lowest BCUT2D eigenvalue weighted by Crippen LogP contribution is -2.71. The monoisotopic (exact) mass is 799 g/mol. The lowest BCUT2D eigenvalue weighted by Gasteiger charge is -2.72. The van der Waals surface area contributed by atoms with E-state index in [1.165, 1.54) is 5.57 Å². The van der Waals surface area contributed by atoms with E-state index in [0.29, 0.717) is 38.5 Å². The van der Waals surface area contributed by atoms with Gasteiger partial charge in [-0.05, 0) is 115 Å². The van der Waals surface area contributed by atoms with Crippen LogP contribution in [0.25, 0.3) is 0 Å². The molecule has 1 aromatic rings. The molecule has 12 heteroatoms. The molecular formula is C45H69NO11. The molecule has 0 bridgehead atoms. The average molecular weight is 800 g/mol. The summed E-state index contributed by atoms with van der Waals surface area (Å²) in [6, 6.07) is 8.17. The van der Waals surface area contributed by atoms with Gasteiger partial charge < -0.3 is 55.3 Å². The zero-order valence-electron chi connectivity index (χ0n) is 34.8. The molecule has 16 atom stereocenters. The van der Waals surface area contributed by atoms with Crippen LogP contribution in [0.15, 0.2) is 35.9 Å². The van der Waals surface area contributed by atoms with Gasteiger partial charge in [-0.3, -0.25) is 4.79 Å². The van der Waals surface area contributed by atoms with E-state index in [1.807, 2.05) is 26.1 Å². The van der Waals surface area contributed by atoms with Gasteiger partial charge in [-0.1, -0.05) is 70.5 Å². The molecule has 12 nitrogen and oxygen atoms in total. The molecule has 4 saturated carbocycles. The van der Waals surface area contributed by atoms with Crippen molar-refractivity contribution in [2.45, 2.75) is 148 Å². The maximum absolute atomic E-state index is 13.2. The highest BCUT2D eigenvalue weighted by atomic mass is 16.7. The van der Waals surface area contributed by atoms with E-state index in [2.05, 4.69) is 51.2 Å². The van der Waals surface area contributed by atoms with Crippen molar-refractivity contribution in [3.63, 3.8) is 0 Å². The van der Waals surface area contributed by atoms with Crippen LogP contribution in [0.4, 0.5) is 0 Å². The van der Waals surface area contributed by atoms with Crippen molar-refractivity contribution >= 4 is 5.97 Å². The van der Waals surface area contributed by atoms with Gasteiger partial charge in [0.05, 0.1) is 43.5 Å². The molecule has 0 aromatic heterocycles. The number of carboxylic acid groups (broad SMARTS) is 1. The number of allylic oxidation sites excluding steroid dienone is 2. The number of fused-ring (bicyclic) bond motifs is 7. The molecule has 1 saturated heterocycles. The van der Waals surface area contributed by atoms with Gasteiger partial charge in [0.2, 0.25) is 0 Å². The maximum atomic E-state index is 13.2. The molecule has 1 aromatic carbocycles. The Morgan fingerprint density at radius 1 is 0.930 bits per heavy atom. The summed E-state index contributed by atoms with van der Waals surface area (Å²) in [6.45, 7) is 11.4. The molecule has 0 amide bonds. The number of carboxylic acids is 1. The average Bonchev–Trinajstić information content (AvgIpc) is 3.18. The third-order valence-electron chi connectivity index (χ3n) is 17.4. The Bertz CT molecular complexity index is 1660. The summed E-state index contributed by atoms with van der Waals surface area (Å²) in [5.41, 5.74) is 0.0560. The number of aliphatic carboxylic acids is 1. The molecule has 6 aliphatic rings. The number of carbonyl (C=O) groups is 1. The normalized spacial score (nSPS) is 47.4. The van der Waals surface area contributed by atoms with Gasteiger partial charge in [0.15, 0.2) is 6.29 Å². The van der Waals surface area contributed by atoms with Crippen LogP contribution in [-0.4, -0.2) is 111 Å². The fourth-order valence-electron chi connectivity index (χ4n) is 13.7. The highest BCUT2D eigenvalue weighted by molar-refractivity contribution is 5.76. The van der Waals surface area contributed by atoms with Gasteiger partial charge in [-0.15, -0.1) is 0 Å². The number of aliphatic hydroxyl groups is 6. The molecule has 7 rings (SSSR count). The van der Waals surface area contributed by atoms with Crippen molar-refractivity contribution in [1.82, 2.24) is 5.32 Å². The Balaban J connectivity index is 1.29. The summed E-state index contributed by atoms with van der Waals surface area (Å²) in [6.07, 6.45) is 0.0154. The number of aliphatic hydroxyl groups excluding tert-OH is 6. The molecule has 57 heavy (non-hydrogen) atoms. The zero-order valence-corrected chi connectivity index (χ0v) is 34.8. The molecule has 0 unspecified atom stereocenters. The van der Waals surface area contributed by atoms with Crippen molar-refractivity contribution in [3.05, 3.63) is 47.0 Å². The predicted molar refractivity (Wildman–Crippen MR) is 211 cm³/mol. The van der Waals surface area contributed by atoms with Crippen LogP contribution in [0, 0.1) is 50.2 Å². The fourth-order valence-corrected chi connectivity index (χ4v) is 13.7. The molecule has 0 spiro atoms. The van der Waals surface area contributed by atoms with Crippen molar-refractivity contribution in [3.8, 4) is 0 Å². The smallest absolute Gasteiger partial charge is 0.310 e. The summed E-state index contributed by atoms with van der Waals surface area (Å²) >= 11 is 0. The Morgan fingerprint density at radius 3 is 2.26 bits per heavy atom. The molecule has 1 heterocycles. The lowest BCUT2D eigenvalue weighted by molar-refractivity contribution is -0.340. The molecule has 320 valence electrons. The number of hydrogen-bond donors (Lipinski definition) is 8. The van der Waals surface area contributed by atoms with E-state index in [9.17, 15) is 40.5 Å². The van der Waals surface area contributed by atoms with E-state index in [1.54, 1.807) is 0 Å². The summed E-state index contributed by atoms with van der Waals surface area (Å²) in [5, 5.41) is 79.3. The minimum atomic E-state index is -1.55. The number of hydrogen-bond acceptors (Lipinski definition) is 11. The van der Waals surface area contributed by atoms with E-state index in [4.69, 9.17) is 14.2 Å². The van der Waals surface area contributed by atoms with Crippen molar-refractivity contribution < 1.29 is 54.8 Å². The van der Waals surface area contributed by atoms with Gasteiger partial charge >= 0.3 is 5.97 Å². The summed E-state index contributed by atoms with van der Waals surface area (Å²) in [7, 11) is 1.90. The van der Waals surface area contributed by atoms with Gasteiger partial charge in [-0.25, -0.2) is 0 Å². The SMILES string of the molecule is CNCc1ccc(CO[C@@H]2C[C@]3(C)[C@H]4CC=C5[C@@H]6C[C@@](C)(CO)CC[C@]6(C(=O)O)CC[C@@]5(C)[C@]4(C)CC[C@@H]3[C@](C)([C@H](O)CO)[C@@H]2O[C@@H]2OC[C@@H](O)[C@H](O)[C@H]2O)cc1. The van der Waals surface area contributed by atoms with Crippen LogP contribution >= 0.6 is 0 Å². The van der Waals surface area contributed by atoms with Crippen molar-refractivity contribution in [2.75, 3.05) is 26.9 Å². The maximum Gasteiger partial charge on any atom is 0.310 e. The third kappa shape index (κ3) is 6.67. The van der Waals surface area contributed by atoms with Crippen molar-refractivity contribution in [2.24, 2.45) is 50.2 Å². The second kappa shape index (κ2) is 15.5. The number of nitrogens with one attached hydrogen (secondary N) is 1.